The van der Waals surface area contributed by atoms with Crippen LogP contribution in [-0.4, -0.2) is 12.4 Å². The Balaban J connectivity index is 1.76. The minimum absolute atomic E-state index is 0.119. The van der Waals surface area contributed by atoms with E-state index < -0.39 is 11.7 Å². The molecule has 0 radical (unpaired) electrons. The molecular formula is C17H11FO3. The van der Waals surface area contributed by atoms with Crippen LogP contribution in [0.15, 0.2) is 52.9 Å². The van der Waals surface area contributed by atoms with Crippen molar-refractivity contribution in [2.24, 2.45) is 0 Å². The van der Waals surface area contributed by atoms with Gasteiger partial charge in [-0.15, -0.1) is 0 Å². The molecule has 1 aliphatic rings. The molecule has 0 saturated carbocycles. The van der Waals surface area contributed by atoms with Crippen molar-refractivity contribution in [2.45, 2.75) is 5.92 Å². The molecule has 0 saturated heterocycles. The van der Waals surface area contributed by atoms with Crippen LogP contribution >= 0.6 is 0 Å². The molecule has 0 fully saturated rings. The Bertz CT molecular complexity index is 850. The van der Waals surface area contributed by atoms with Crippen molar-refractivity contribution < 1.29 is 18.3 Å². The zero-order valence-electron chi connectivity index (χ0n) is 11.0. The molecule has 21 heavy (non-hydrogen) atoms. The van der Waals surface area contributed by atoms with Crippen molar-refractivity contribution in [3.05, 3.63) is 65.7 Å². The molecule has 4 rings (SSSR count). The monoisotopic (exact) mass is 282 g/mol. The van der Waals surface area contributed by atoms with Crippen LogP contribution in [0.25, 0.3) is 11.0 Å². The number of benzene rings is 2. The first-order valence-corrected chi connectivity index (χ1v) is 6.68. The molecule has 1 atom stereocenters. The maximum absolute atomic E-state index is 13.6. The normalized spacial score (nSPS) is 16.7. The highest BCUT2D eigenvalue weighted by atomic mass is 19.1. The average molecular weight is 282 g/mol. The Morgan fingerprint density at radius 3 is 2.86 bits per heavy atom. The topological polar surface area (TPSA) is 39.4 Å². The van der Waals surface area contributed by atoms with Gasteiger partial charge in [-0.2, -0.15) is 0 Å². The van der Waals surface area contributed by atoms with Crippen molar-refractivity contribution in [3.8, 4) is 5.75 Å². The summed E-state index contributed by atoms with van der Waals surface area (Å²) in [5.74, 6) is -0.159. The van der Waals surface area contributed by atoms with E-state index in [4.69, 9.17) is 9.15 Å². The Labute approximate surface area is 119 Å². The maximum Gasteiger partial charge on any atom is 0.209 e. The van der Waals surface area contributed by atoms with Crippen molar-refractivity contribution >= 4 is 16.8 Å². The summed E-state index contributed by atoms with van der Waals surface area (Å²) >= 11 is 0. The lowest BCUT2D eigenvalue weighted by Gasteiger charge is -2.04. The van der Waals surface area contributed by atoms with E-state index in [0.717, 1.165) is 11.3 Å². The summed E-state index contributed by atoms with van der Waals surface area (Å²) in [6.07, 6.45) is 0. The second-order valence-corrected chi connectivity index (χ2v) is 5.03. The zero-order valence-corrected chi connectivity index (χ0v) is 11.0. The van der Waals surface area contributed by atoms with Gasteiger partial charge in [-0.3, -0.25) is 4.79 Å². The number of furan rings is 1. The molecule has 104 valence electrons. The minimum Gasteiger partial charge on any atom is -0.492 e. The number of carbonyl (C=O) groups is 1. The van der Waals surface area contributed by atoms with E-state index in [1.807, 2.05) is 24.3 Å². The third-order valence-corrected chi connectivity index (χ3v) is 3.76. The number of halogens is 1. The Hall–Kier alpha value is -2.62. The fourth-order valence-electron chi connectivity index (χ4n) is 2.70. The van der Waals surface area contributed by atoms with E-state index in [9.17, 15) is 9.18 Å². The molecule has 1 unspecified atom stereocenters. The van der Waals surface area contributed by atoms with Gasteiger partial charge in [0.25, 0.3) is 0 Å². The molecule has 2 heterocycles. The fraction of sp³-hybridized carbons (Fsp3) is 0.118. The van der Waals surface area contributed by atoms with Crippen LogP contribution < -0.4 is 4.74 Å². The number of para-hydroxylation sites is 2. The molecule has 0 amide bonds. The molecule has 0 N–H and O–H groups in total. The van der Waals surface area contributed by atoms with Crippen molar-refractivity contribution in [3.63, 3.8) is 0 Å². The highest BCUT2D eigenvalue weighted by Gasteiger charge is 2.32. The summed E-state index contributed by atoms with van der Waals surface area (Å²) in [6, 6.07) is 13.6. The molecule has 2 aromatic carbocycles. The SMILES string of the molecule is O=C(c1cc2cccc(F)c2o1)C1COc2ccccc21. The summed E-state index contributed by atoms with van der Waals surface area (Å²) in [7, 11) is 0. The number of rotatable bonds is 2. The fourth-order valence-corrected chi connectivity index (χ4v) is 2.70. The standard InChI is InChI=1S/C17H11FO3/c18-13-6-3-4-10-8-15(21-17(10)13)16(19)12-9-20-14-7-2-1-5-11(12)14/h1-8,12H,9H2. The van der Waals surface area contributed by atoms with Crippen LogP contribution in [0, 0.1) is 5.82 Å². The van der Waals surface area contributed by atoms with Crippen LogP contribution in [0.5, 0.6) is 5.75 Å². The van der Waals surface area contributed by atoms with Gasteiger partial charge in [-0.1, -0.05) is 30.3 Å². The number of carbonyl (C=O) groups excluding carboxylic acids is 1. The number of Topliss-reactive ketones (excluding diaryl/α,β-unsaturated/α-hetero) is 1. The maximum atomic E-state index is 13.6. The van der Waals surface area contributed by atoms with E-state index in [0.29, 0.717) is 5.39 Å². The Morgan fingerprint density at radius 2 is 2.00 bits per heavy atom. The van der Waals surface area contributed by atoms with E-state index in [-0.39, 0.29) is 23.7 Å². The highest BCUT2D eigenvalue weighted by molar-refractivity contribution is 6.02. The van der Waals surface area contributed by atoms with Gasteiger partial charge in [0.1, 0.15) is 12.4 Å². The summed E-state index contributed by atoms with van der Waals surface area (Å²) < 4.78 is 24.6. The number of ether oxygens (including phenoxy) is 1. The molecule has 0 bridgehead atoms. The first-order valence-electron chi connectivity index (χ1n) is 6.68. The van der Waals surface area contributed by atoms with Crippen molar-refractivity contribution in [2.75, 3.05) is 6.61 Å². The van der Waals surface area contributed by atoms with Crippen LogP contribution in [0.3, 0.4) is 0 Å². The van der Waals surface area contributed by atoms with E-state index >= 15 is 0 Å². The second-order valence-electron chi connectivity index (χ2n) is 5.03. The molecule has 3 nitrogen and oxygen atoms in total. The van der Waals surface area contributed by atoms with Gasteiger partial charge in [0.05, 0.1) is 5.92 Å². The summed E-state index contributed by atoms with van der Waals surface area (Å²) in [4.78, 5) is 12.6. The van der Waals surface area contributed by atoms with Crippen LogP contribution in [0.1, 0.15) is 22.0 Å². The van der Waals surface area contributed by atoms with Crippen LogP contribution in [-0.2, 0) is 0 Å². The molecule has 4 heteroatoms. The molecule has 1 aliphatic heterocycles. The van der Waals surface area contributed by atoms with E-state index in [2.05, 4.69) is 0 Å². The van der Waals surface area contributed by atoms with Crippen molar-refractivity contribution in [1.29, 1.82) is 0 Å². The predicted octanol–water partition coefficient (Wildman–Crippen LogP) is 3.93. The van der Waals surface area contributed by atoms with Gasteiger partial charge in [-0.25, -0.2) is 4.39 Å². The number of ketones is 1. The molecule has 3 aromatic rings. The second kappa shape index (κ2) is 4.45. The first-order chi connectivity index (χ1) is 10.2. The van der Waals surface area contributed by atoms with Crippen molar-refractivity contribution in [1.82, 2.24) is 0 Å². The largest absolute Gasteiger partial charge is 0.492 e. The van der Waals surface area contributed by atoms with Gasteiger partial charge >= 0.3 is 0 Å². The van der Waals surface area contributed by atoms with Gasteiger partial charge in [-0.05, 0) is 18.2 Å². The lowest BCUT2D eigenvalue weighted by molar-refractivity contribution is 0.0922. The lowest BCUT2D eigenvalue weighted by Crippen LogP contribution is -2.13. The molecule has 0 spiro atoms. The first kappa shape index (κ1) is 12.1. The van der Waals surface area contributed by atoms with Gasteiger partial charge in [0.15, 0.2) is 17.2 Å². The van der Waals surface area contributed by atoms with Gasteiger partial charge in [0, 0.05) is 10.9 Å². The summed E-state index contributed by atoms with van der Waals surface area (Å²) in [6.45, 7) is 0.289. The molecule has 0 aliphatic carbocycles. The van der Waals surface area contributed by atoms with E-state index in [1.165, 1.54) is 6.07 Å². The molecular weight excluding hydrogens is 271 g/mol. The average Bonchev–Trinajstić information content (AvgIpc) is 3.11. The summed E-state index contributed by atoms with van der Waals surface area (Å²) in [5.41, 5.74) is 0.969. The van der Waals surface area contributed by atoms with E-state index in [1.54, 1.807) is 18.2 Å². The van der Waals surface area contributed by atoms with Crippen LogP contribution in [0.2, 0.25) is 0 Å². The highest BCUT2D eigenvalue weighted by Crippen LogP contribution is 2.36. The zero-order chi connectivity index (χ0) is 14.4. The third-order valence-electron chi connectivity index (χ3n) is 3.76. The Morgan fingerprint density at radius 1 is 1.14 bits per heavy atom. The Kier molecular flexibility index (Phi) is 2.57. The number of hydrogen-bond donors (Lipinski definition) is 0. The van der Waals surface area contributed by atoms with Gasteiger partial charge < -0.3 is 9.15 Å². The number of fused-ring (bicyclic) bond motifs is 2. The summed E-state index contributed by atoms with van der Waals surface area (Å²) in [5, 5.41) is 0.588. The quantitative estimate of drug-likeness (QED) is 0.668. The molecule has 1 aromatic heterocycles. The van der Waals surface area contributed by atoms with Crippen LogP contribution in [0.4, 0.5) is 4.39 Å². The number of hydrogen-bond acceptors (Lipinski definition) is 3. The van der Waals surface area contributed by atoms with Gasteiger partial charge in [0.2, 0.25) is 5.78 Å². The smallest absolute Gasteiger partial charge is 0.209 e. The lowest BCUT2D eigenvalue weighted by atomic mass is 9.95. The minimum atomic E-state index is -0.463. The third kappa shape index (κ3) is 1.83. The predicted molar refractivity (Wildman–Crippen MR) is 75.2 cm³/mol.